The van der Waals surface area contributed by atoms with Gasteiger partial charge in [-0.25, -0.2) is 0 Å². The fraction of sp³-hybridized carbons (Fsp3) is 0.316. The van der Waals surface area contributed by atoms with Crippen molar-refractivity contribution in [1.82, 2.24) is 5.32 Å². The van der Waals surface area contributed by atoms with Gasteiger partial charge in [-0.3, -0.25) is 0 Å². The van der Waals surface area contributed by atoms with Gasteiger partial charge in [-0.1, -0.05) is 55.8 Å². The van der Waals surface area contributed by atoms with Gasteiger partial charge >= 0.3 is 0 Å². The minimum Gasteiger partial charge on any atom is -0.356 e. The van der Waals surface area contributed by atoms with Crippen LogP contribution in [0.4, 0.5) is 5.69 Å². The van der Waals surface area contributed by atoms with Crippen LogP contribution in [0, 0.1) is 6.92 Å². The first-order valence-corrected chi connectivity index (χ1v) is 8.10. The number of benzene rings is 2. The molecule has 0 aliphatic heterocycles. The first-order valence-electron chi connectivity index (χ1n) is 7.69. The van der Waals surface area contributed by atoms with E-state index >= 15 is 0 Å². The Balaban J connectivity index is 1.94. The molecule has 0 amide bonds. The van der Waals surface area contributed by atoms with Gasteiger partial charge in [0, 0.05) is 5.69 Å². The maximum absolute atomic E-state index is 5.39. The van der Waals surface area contributed by atoms with Crippen LogP contribution in [0.25, 0.3) is 0 Å². The summed E-state index contributed by atoms with van der Waals surface area (Å²) in [7, 11) is 0. The summed E-state index contributed by atoms with van der Waals surface area (Å²) in [5.41, 5.74) is 4.84. The molecule has 0 aliphatic rings. The van der Waals surface area contributed by atoms with Crippen LogP contribution < -0.4 is 10.6 Å². The highest BCUT2D eigenvalue weighted by atomic mass is 32.1. The Kier molecular flexibility index (Phi) is 5.56. The lowest BCUT2D eigenvalue weighted by Crippen LogP contribution is -2.30. The van der Waals surface area contributed by atoms with Crippen LogP contribution in [-0.4, -0.2) is 5.11 Å². The Hall–Kier alpha value is -1.87. The van der Waals surface area contributed by atoms with Crippen molar-refractivity contribution >= 4 is 23.0 Å². The van der Waals surface area contributed by atoms with E-state index in [-0.39, 0.29) is 6.04 Å². The van der Waals surface area contributed by atoms with Crippen LogP contribution in [0.1, 0.15) is 49.4 Å². The van der Waals surface area contributed by atoms with E-state index in [1.165, 1.54) is 16.7 Å². The molecule has 0 unspecified atom stereocenters. The molecule has 2 aromatic rings. The monoisotopic (exact) mass is 312 g/mol. The minimum atomic E-state index is 0.173. The lowest BCUT2D eigenvalue weighted by Gasteiger charge is -2.18. The highest BCUT2D eigenvalue weighted by Gasteiger charge is 2.08. The highest BCUT2D eigenvalue weighted by molar-refractivity contribution is 7.80. The summed E-state index contributed by atoms with van der Waals surface area (Å²) in [5, 5.41) is 7.19. The smallest absolute Gasteiger partial charge is 0.171 e. The number of aryl methyl sites for hydroxylation is 1. The molecule has 0 saturated carbocycles. The number of nitrogens with one attached hydrogen (secondary N) is 2. The quantitative estimate of drug-likeness (QED) is 0.762. The first kappa shape index (κ1) is 16.5. The van der Waals surface area contributed by atoms with Crippen molar-refractivity contribution in [3.8, 4) is 0 Å². The van der Waals surface area contributed by atoms with Crippen LogP contribution in [0.5, 0.6) is 0 Å². The summed E-state index contributed by atoms with van der Waals surface area (Å²) in [6.07, 6.45) is 0. The third-order valence-electron chi connectivity index (χ3n) is 3.76. The topological polar surface area (TPSA) is 24.1 Å². The van der Waals surface area contributed by atoms with Crippen LogP contribution in [0.2, 0.25) is 0 Å². The molecule has 3 heteroatoms. The number of thiocarbonyl (C=S) groups is 1. The molecule has 2 N–H and O–H groups in total. The molecule has 0 aliphatic carbocycles. The molecule has 1 atom stereocenters. The van der Waals surface area contributed by atoms with Gasteiger partial charge in [-0.2, -0.15) is 0 Å². The Morgan fingerprint density at radius 3 is 1.95 bits per heavy atom. The number of hydrogen-bond donors (Lipinski definition) is 2. The van der Waals surface area contributed by atoms with E-state index in [0.717, 1.165) is 5.69 Å². The van der Waals surface area contributed by atoms with Crippen molar-refractivity contribution in [3.63, 3.8) is 0 Å². The summed E-state index contributed by atoms with van der Waals surface area (Å²) in [4.78, 5) is 0. The summed E-state index contributed by atoms with van der Waals surface area (Å²) in [6, 6.07) is 17.1. The van der Waals surface area contributed by atoms with Gasteiger partial charge in [-0.05, 0) is 55.2 Å². The van der Waals surface area contributed by atoms with Crippen molar-refractivity contribution in [2.75, 3.05) is 5.32 Å². The SMILES string of the molecule is Cc1ccc(NC(=S)N[C@H](C)c2ccc(C(C)C)cc2)cc1. The van der Waals surface area contributed by atoms with Crippen LogP contribution in [-0.2, 0) is 0 Å². The first-order chi connectivity index (χ1) is 10.5. The van der Waals surface area contributed by atoms with Crippen molar-refractivity contribution < 1.29 is 0 Å². The normalized spacial score (nSPS) is 12.0. The van der Waals surface area contributed by atoms with Gasteiger partial charge in [0.15, 0.2) is 5.11 Å². The molecule has 0 saturated heterocycles. The van der Waals surface area contributed by atoms with Crippen LogP contribution in [0.15, 0.2) is 48.5 Å². The predicted molar refractivity (Wildman–Crippen MR) is 99.5 cm³/mol. The van der Waals surface area contributed by atoms with Crippen LogP contribution in [0.3, 0.4) is 0 Å². The molecule has 2 rings (SSSR count). The van der Waals surface area contributed by atoms with Gasteiger partial charge in [0.1, 0.15) is 0 Å². The Bertz CT molecular complexity index is 615. The molecule has 0 radical (unpaired) electrons. The zero-order valence-corrected chi connectivity index (χ0v) is 14.5. The van der Waals surface area contributed by atoms with Crippen molar-refractivity contribution in [1.29, 1.82) is 0 Å². The maximum atomic E-state index is 5.39. The summed E-state index contributed by atoms with van der Waals surface area (Å²) in [6.45, 7) is 8.60. The van der Waals surface area contributed by atoms with Gasteiger partial charge in [0.25, 0.3) is 0 Å². The summed E-state index contributed by atoms with van der Waals surface area (Å²) < 4.78 is 0. The van der Waals surface area contributed by atoms with Crippen molar-refractivity contribution in [3.05, 3.63) is 65.2 Å². The Morgan fingerprint density at radius 2 is 1.41 bits per heavy atom. The lowest BCUT2D eigenvalue weighted by molar-refractivity contribution is 0.721. The average molecular weight is 312 g/mol. The highest BCUT2D eigenvalue weighted by Crippen LogP contribution is 2.18. The Morgan fingerprint density at radius 1 is 0.864 bits per heavy atom. The van der Waals surface area contributed by atoms with Gasteiger partial charge < -0.3 is 10.6 Å². The number of hydrogen-bond acceptors (Lipinski definition) is 1. The molecule has 0 bridgehead atoms. The second kappa shape index (κ2) is 7.41. The third-order valence-corrected chi connectivity index (χ3v) is 3.98. The fourth-order valence-electron chi connectivity index (χ4n) is 2.25. The van der Waals surface area contributed by atoms with E-state index in [1.54, 1.807) is 0 Å². The lowest BCUT2D eigenvalue weighted by atomic mass is 10.00. The van der Waals surface area contributed by atoms with Crippen molar-refractivity contribution in [2.24, 2.45) is 0 Å². The minimum absolute atomic E-state index is 0.173. The van der Waals surface area contributed by atoms with E-state index in [0.29, 0.717) is 11.0 Å². The fourth-order valence-corrected chi connectivity index (χ4v) is 2.55. The van der Waals surface area contributed by atoms with Gasteiger partial charge in [0.05, 0.1) is 6.04 Å². The largest absolute Gasteiger partial charge is 0.356 e. The molecule has 2 aromatic carbocycles. The molecular weight excluding hydrogens is 288 g/mol. The van der Waals surface area contributed by atoms with E-state index in [4.69, 9.17) is 12.2 Å². The summed E-state index contributed by atoms with van der Waals surface area (Å²) in [5.74, 6) is 0.557. The second-order valence-electron chi connectivity index (χ2n) is 6.01. The van der Waals surface area contributed by atoms with Crippen molar-refractivity contribution in [2.45, 2.75) is 39.7 Å². The molecule has 0 aromatic heterocycles. The van der Waals surface area contributed by atoms with E-state index < -0.39 is 0 Å². The zero-order chi connectivity index (χ0) is 16.1. The van der Waals surface area contributed by atoms with Gasteiger partial charge in [-0.15, -0.1) is 0 Å². The summed E-state index contributed by atoms with van der Waals surface area (Å²) >= 11 is 5.39. The predicted octanol–water partition coefficient (Wildman–Crippen LogP) is 5.17. The van der Waals surface area contributed by atoms with E-state index in [1.807, 2.05) is 12.1 Å². The molecular formula is C19H24N2S. The standard InChI is InChI=1S/C19H24N2S/c1-13(2)16-7-9-17(10-8-16)15(4)20-19(22)21-18-11-5-14(3)6-12-18/h5-13,15H,1-4H3,(H2,20,21,22)/t15-/m1/s1. The zero-order valence-electron chi connectivity index (χ0n) is 13.7. The van der Waals surface area contributed by atoms with Crippen LogP contribution >= 0.6 is 12.2 Å². The number of anilines is 1. The van der Waals surface area contributed by atoms with E-state index in [9.17, 15) is 0 Å². The number of rotatable bonds is 4. The molecule has 0 fully saturated rings. The molecule has 0 spiro atoms. The molecule has 0 heterocycles. The maximum Gasteiger partial charge on any atom is 0.171 e. The molecule has 116 valence electrons. The third kappa shape index (κ3) is 4.57. The van der Waals surface area contributed by atoms with E-state index in [2.05, 4.69) is 74.7 Å². The Labute approximate surface area is 139 Å². The van der Waals surface area contributed by atoms with Gasteiger partial charge in [0.2, 0.25) is 0 Å². The molecule has 22 heavy (non-hydrogen) atoms. The average Bonchev–Trinajstić information content (AvgIpc) is 2.49. The molecule has 2 nitrogen and oxygen atoms in total. The second-order valence-corrected chi connectivity index (χ2v) is 6.42.